The van der Waals surface area contributed by atoms with E-state index < -0.39 is 10.9 Å². The Labute approximate surface area is 190 Å². The Morgan fingerprint density at radius 2 is 2.00 bits per heavy atom. The Kier molecular flexibility index (Phi) is 7.83. The van der Waals surface area contributed by atoms with Gasteiger partial charge in [0.05, 0.1) is 22.2 Å². The van der Waals surface area contributed by atoms with Gasteiger partial charge in [-0.25, -0.2) is 0 Å². The van der Waals surface area contributed by atoms with E-state index in [9.17, 15) is 19.7 Å². The molecule has 0 bridgehead atoms. The Bertz CT molecular complexity index is 1190. The van der Waals surface area contributed by atoms with Crippen molar-refractivity contribution in [2.24, 2.45) is 4.99 Å². The molecule has 0 saturated carbocycles. The molecule has 0 aliphatic heterocycles. The Morgan fingerprint density at radius 3 is 2.68 bits per heavy atom. The van der Waals surface area contributed by atoms with Crippen molar-refractivity contribution >= 4 is 62.5 Å². The van der Waals surface area contributed by atoms with Crippen LogP contribution in [0.15, 0.2) is 52.4 Å². The third-order valence-corrected chi connectivity index (χ3v) is 6.64. The number of thiazole rings is 1. The summed E-state index contributed by atoms with van der Waals surface area (Å²) < 4.78 is 6.86. The first-order valence-electron chi connectivity index (χ1n) is 9.18. The number of thioether (sulfide) groups is 1. The number of aromatic nitrogens is 1. The first kappa shape index (κ1) is 23.0. The van der Waals surface area contributed by atoms with Crippen LogP contribution in [-0.2, 0) is 20.9 Å². The molecule has 162 valence electrons. The summed E-state index contributed by atoms with van der Waals surface area (Å²) in [6, 6.07) is 11.8. The molecule has 8 nitrogen and oxygen atoms in total. The number of nitro groups is 1. The SMILES string of the molecule is COC(=O)Cn1c(=NC(=O)CCCSc2ccc(Cl)cc2)sc2ccc([N+](=O)[O-])cc21. The second-order valence-electron chi connectivity index (χ2n) is 6.37. The van der Waals surface area contributed by atoms with Crippen LogP contribution in [0.2, 0.25) is 5.02 Å². The lowest BCUT2D eigenvalue weighted by molar-refractivity contribution is -0.384. The maximum absolute atomic E-state index is 12.4. The minimum atomic E-state index is -0.542. The summed E-state index contributed by atoms with van der Waals surface area (Å²) in [6.07, 6.45) is 0.871. The summed E-state index contributed by atoms with van der Waals surface area (Å²) in [5.74, 6) is -0.125. The number of halogens is 1. The fourth-order valence-corrected chi connectivity index (χ4v) is 4.72. The van der Waals surface area contributed by atoms with Crippen LogP contribution in [0.5, 0.6) is 0 Å². The molecular formula is C20H18ClN3O5S2. The molecule has 31 heavy (non-hydrogen) atoms. The average Bonchev–Trinajstić information content (AvgIpc) is 3.08. The molecule has 2 aromatic carbocycles. The van der Waals surface area contributed by atoms with Gasteiger partial charge in [0, 0.05) is 28.5 Å². The van der Waals surface area contributed by atoms with E-state index in [2.05, 4.69) is 4.99 Å². The van der Waals surface area contributed by atoms with Gasteiger partial charge in [0.25, 0.3) is 5.69 Å². The molecule has 0 atom stereocenters. The molecule has 0 saturated heterocycles. The first-order chi connectivity index (χ1) is 14.9. The number of esters is 1. The predicted molar refractivity (Wildman–Crippen MR) is 120 cm³/mol. The Balaban J connectivity index is 1.76. The van der Waals surface area contributed by atoms with E-state index in [0.717, 1.165) is 10.6 Å². The highest BCUT2D eigenvalue weighted by atomic mass is 35.5. The summed E-state index contributed by atoms with van der Waals surface area (Å²) in [6.45, 7) is -0.198. The predicted octanol–water partition coefficient (Wildman–Crippen LogP) is 4.44. The van der Waals surface area contributed by atoms with E-state index in [0.29, 0.717) is 26.5 Å². The summed E-state index contributed by atoms with van der Waals surface area (Å²) in [7, 11) is 1.25. The Hall–Kier alpha value is -2.69. The maximum atomic E-state index is 12.4. The zero-order valence-electron chi connectivity index (χ0n) is 16.4. The van der Waals surface area contributed by atoms with Gasteiger partial charge in [0.15, 0.2) is 4.80 Å². The minimum absolute atomic E-state index is 0.110. The highest BCUT2D eigenvalue weighted by molar-refractivity contribution is 7.99. The fraction of sp³-hybridized carbons (Fsp3) is 0.250. The highest BCUT2D eigenvalue weighted by Crippen LogP contribution is 2.24. The number of rotatable bonds is 8. The third-order valence-electron chi connectivity index (χ3n) is 4.23. The van der Waals surface area contributed by atoms with Crippen molar-refractivity contribution in [2.75, 3.05) is 12.9 Å². The number of nitro benzene ring substituents is 1. The van der Waals surface area contributed by atoms with Gasteiger partial charge in [-0.05, 0) is 42.5 Å². The number of hydrogen-bond donors (Lipinski definition) is 0. The molecule has 11 heteroatoms. The van der Waals surface area contributed by atoms with Crippen LogP contribution in [0, 0.1) is 10.1 Å². The molecule has 0 fully saturated rings. The van der Waals surface area contributed by atoms with Crippen molar-refractivity contribution < 1.29 is 19.2 Å². The van der Waals surface area contributed by atoms with Crippen LogP contribution in [-0.4, -0.2) is 34.2 Å². The molecule has 0 N–H and O–H groups in total. The maximum Gasteiger partial charge on any atom is 0.325 e. The number of carbonyl (C=O) groups is 2. The van der Waals surface area contributed by atoms with Gasteiger partial charge < -0.3 is 9.30 Å². The zero-order chi connectivity index (χ0) is 22.4. The van der Waals surface area contributed by atoms with Crippen LogP contribution in [0.1, 0.15) is 12.8 Å². The number of nitrogens with zero attached hydrogens (tertiary/aromatic N) is 3. The number of hydrogen-bond acceptors (Lipinski definition) is 7. The summed E-state index contributed by atoms with van der Waals surface area (Å²) in [5, 5.41) is 11.8. The Morgan fingerprint density at radius 1 is 1.26 bits per heavy atom. The number of carbonyl (C=O) groups excluding carboxylic acids is 2. The summed E-state index contributed by atoms with van der Waals surface area (Å²) in [4.78, 5) is 40.4. The van der Waals surface area contributed by atoms with E-state index >= 15 is 0 Å². The van der Waals surface area contributed by atoms with Crippen LogP contribution < -0.4 is 4.80 Å². The van der Waals surface area contributed by atoms with Gasteiger partial charge in [-0.3, -0.25) is 19.7 Å². The van der Waals surface area contributed by atoms with Gasteiger partial charge in [0.2, 0.25) is 5.91 Å². The lowest BCUT2D eigenvalue weighted by atomic mass is 10.3. The van der Waals surface area contributed by atoms with Gasteiger partial charge in [-0.2, -0.15) is 4.99 Å². The van der Waals surface area contributed by atoms with Crippen molar-refractivity contribution in [3.8, 4) is 0 Å². The average molecular weight is 480 g/mol. The van der Waals surface area contributed by atoms with Gasteiger partial charge in [-0.1, -0.05) is 22.9 Å². The normalized spacial score (nSPS) is 11.6. The number of fused-ring (bicyclic) bond motifs is 1. The van der Waals surface area contributed by atoms with E-state index in [-0.39, 0.29) is 24.6 Å². The lowest BCUT2D eigenvalue weighted by Crippen LogP contribution is -2.22. The fourth-order valence-electron chi connectivity index (χ4n) is 2.71. The second-order valence-corrected chi connectivity index (χ2v) is 8.98. The van der Waals surface area contributed by atoms with E-state index in [1.165, 1.54) is 35.1 Å². The van der Waals surface area contributed by atoms with Crippen molar-refractivity contribution in [1.29, 1.82) is 0 Å². The topological polar surface area (TPSA) is 104 Å². The number of ether oxygens (including phenoxy) is 1. The van der Waals surface area contributed by atoms with E-state index in [4.69, 9.17) is 16.3 Å². The molecule has 1 heterocycles. The number of non-ortho nitro benzene ring substituents is 1. The quantitative estimate of drug-likeness (QED) is 0.155. The van der Waals surface area contributed by atoms with Crippen LogP contribution in [0.4, 0.5) is 5.69 Å². The van der Waals surface area contributed by atoms with Gasteiger partial charge >= 0.3 is 5.97 Å². The highest BCUT2D eigenvalue weighted by Gasteiger charge is 2.15. The number of methoxy groups -OCH3 is 1. The van der Waals surface area contributed by atoms with Crippen molar-refractivity contribution in [2.45, 2.75) is 24.3 Å². The molecule has 0 unspecified atom stereocenters. The molecule has 0 aliphatic rings. The van der Waals surface area contributed by atoms with Crippen molar-refractivity contribution in [3.05, 3.63) is 62.4 Å². The van der Waals surface area contributed by atoms with Gasteiger partial charge in [-0.15, -0.1) is 11.8 Å². The molecule has 3 rings (SSSR count). The van der Waals surface area contributed by atoms with E-state index in [1.54, 1.807) is 17.8 Å². The smallest absolute Gasteiger partial charge is 0.325 e. The van der Waals surface area contributed by atoms with E-state index in [1.807, 2.05) is 24.3 Å². The summed E-state index contributed by atoms with van der Waals surface area (Å²) >= 11 is 8.68. The molecule has 0 aliphatic carbocycles. The van der Waals surface area contributed by atoms with Crippen molar-refractivity contribution in [3.63, 3.8) is 0 Å². The number of benzene rings is 2. The van der Waals surface area contributed by atoms with Gasteiger partial charge in [0.1, 0.15) is 6.54 Å². The van der Waals surface area contributed by atoms with Crippen LogP contribution in [0.25, 0.3) is 10.2 Å². The molecule has 0 radical (unpaired) electrons. The number of amides is 1. The largest absolute Gasteiger partial charge is 0.468 e. The zero-order valence-corrected chi connectivity index (χ0v) is 18.8. The summed E-state index contributed by atoms with van der Waals surface area (Å²) in [5.41, 5.74) is 0.343. The van der Waals surface area contributed by atoms with Crippen molar-refractivity contribution in [1.82, 2.24) is 4.57 Å². The molecule has 3 aromatic rings. The molecule has 1 aromatic heterocycles. The lowest BCUT2D eigenvalue weighted by Gasteiger charge is -2.03. The molecule has 1 amide bonds. The van der Waals surface area contributed by atoms with Crippen LogP contribution in [0.3, 0.4) is 0 Å². The third kappa shape index (κ3) is 6.16. The standard InChI is InChI=1S/C20H18ClN3O5S2/c1-29-19(26)12-23-16-11-14(24(27)28)6-9-17(16)31-20(23)22-18(25)3-2-10-30-15-7-4-13(21)5-8-15/h4-9,11H,2-3,10,12H2,1H3. The molecule has 0 spiro atoms. The van der Waals surface area contributed by atoms with Crippen LogP contribution >= 0.6 is 34.7 Å². The monoisotopic (exact) mass is 479 g/mol. The minimum Gasteiger partial charge on any atom is -0.468 e. The first-order valence-corrected chi connectivity index (χ1v) is 11.4. The second kappa shape index (κ2) is 10.6. The molecular weight excluding hydrogens is 462 g/mol.